The fourth-order valence-corrected chi connectivity index (χ4v) is 3.31. The van der Waals surface area contributed by atoms with Crippen LogP contribution in [0.2, 0.25) is 0 Å². The largest absolute Gasteiger partial charge is 0.317 e. The summed E-state index contributed by atoms with van der Waals surface area (Å²) in [5, 5.41) is 12.0. The highest BCUT2D eigenvalue weighted by Gasteiger charge is 2.35. The molecule has 2 fully saturated rings. The second kappa shape index (κ2) is 4.97. The van der Waals surface area contributed by atoms with Crippen LogP contribution in [0.25, 0.3) is 0 Å². The van der Waals surface area contributed by atoms with E-state index in [1.165, 1.54) is 38.8 Å². The van der Waals surface area contributed by atoms with E-state index in [9.17, 15) is 0 Å². The van der Waals surface area contributed by atoms with Gasteiger partial charge in [0, 0.05) is 25.7 Å². The highest BCUT2D eigenvalue weighted by molar-refractivity contribution is 4.97. The number of rotatable bonds is 3. The summed E-state index contributed by atoms with van der Waals surface area (Å²) in [5.41, 5.74) is 0. The summed E-state index contributed by atoms with van der Waals surface area (Å²) in [7, 11) is 2.04. The average molecular weight is 249 g/mol. The summed E-state index contributed by atoms with van der Waals surface area (Å²) in [5.74, 6) is 2.03. The Morgan fingerprint density at radius 2 is 2.11 bits per heavy atom. The molecular weight excluding hydrogens is 226 g/mol. The van der Waals surface area contributed by atoms with Gasteiger partial charge in [-0.15, -0.1) is 10.2 Å². The molecule has 1 N–H and O–H groups in total. The van der Waals surface area contributed by atoms with Crippen molar-refractivity contribution in [3.63, 3.8) is 0 Å². The highest BCUT2D eigenvalue weighted by atomic mass is 15.3. The van der Waals surface area contributed by atoms with E-state index in [4.69, 9.17) is 0 Å². The maximum Gasteiger partial charge on any atom is 0.146 e. The van der Waals surface area contributed by atoms with Crippen molar-refractivity contribution in [2.24, 2.45) is 7.05 Å². The monoisotopic (exact) mass is 249 g/mol. The molecule has 0 spiro atoms. The minimum absolute atomic E-state index is 0.641. The van der Waals surface area contributed by atoms with Crippen molar-refractivity contribution in [1.82, 2.24) is 25.0 Å². The molecule has 5 nitrogen and oxygen atoms in total. The van der Waals surface area contributed by atoms with Crippen LogP contribution in [-0.4, -0.2) is 44.8 Å². The third-order valence-corrected chi connectivity index (χ3v) is 4.56. The molecular formula is C13H23N5. The molecule has 0 radical (unpaired) electrons. The second-order valence-electron chi connectivity index (χ2n) is 5.60. The molecule has 0 amide bonds. The van der Waals surface area contributed by atoms with Crippen molar-refractivity contribution in [3.05, 3.63) is 11.6 Å². The van der Waals surface area contributed by atoms with Crippen LogP contribution in [-0.2, 0) is 13.6 Å². The van der Waals surface area contributed by atoms with Crippen molar-refractivity contribution in [2.45, 2.75) is 51.2 Å². The molecule has 0 aromatic carbocycles. The predicted octanol–water partition coefficient (Wildman–Crippen LogP) is 0.840. The van der Waals surface area contributed by atoms with Gasteiger partial charge in [0.25, 0.3) is 0 Å². The van der Waals surface area contributed by atoms with Crippen LogP contribution < -0.4 is 5.32 Å². The lowest BCUT2D eigenvalue weighted by Crippen LogP contribution is -2.44. The van der Waals surface area contributed by atoms with Gasteiger partial charge in [0.05, 0.1) is 6.54 Å². The van der Waals surface area contributed by atoms with E-state index >= 15 is 0 Å². The van der Waals surface area contributed by atoms with Gasteiger partial charge in [-0.1, -0.05) is 6.42 Å². The topological polar surface area (TPSA) is 46.0 Å². The molecule has 18 heavy (non-hydrogen) atoms. The van der Waals surface area contributed by atoms with E-state index in [-0.39, 0.29) is 0 Å². The Kier molecular flexibility index (Phi) is 3.35. The number of hydrogen-bond donors (Lipinski definition) is 1. The number of hydrogen-bond acceptors (Lipinski definition) is 4. The number of nitrogens with zero attached hydrogens (tertiary/aromatic N) is 4. The normalized spacial score (nSPS) is 28.6. The van der Waals surface area contributed by atoms with Gasteiger partial charge in [0.2, 0.25) is 0 Å². The molecule has 2 saturated heterocycles. The minimum Gasteiger partial charge on any atom is -0.317 e. The average Bonchev–Trinajstić information content (AvgIpc) is 2.94. The number of piperidine rings is 1. The molecule has 3 heterocycles. The van der Waals surface area contributed by atoms with Crippen molar-refractivity contribution in [2.75, 3.05) is 13.1 Å². The molecule has 0 bridgehead atoms. The van der Waals surface area contributed by atoms with Crippen LogP contribution >= 0.6 is 0 Å². The smallest absolute Gasteiger partial charge is 0.146 e. The van der Waals surface area contributed by atoms with Gasteiger partial charge in [0.1, 0.15) is 11.6 Å². The maximum atomic E-state index is 4.22. The number of nitrogens with one attached hydrogen (secondary N) is 1. The van der Waals surface area contributed by atoms with Crippen LogP contribution in [0, 0.1) is 6.92 Å². The Morgan fingerprint density at radius 1 is 1.22 bits per heavy atom. The van der Waals surface area contributed by atoms with Crippen LogP contribution in [0.5, 0.6) is 0 Å². The maximum absolute atomic E-state index is 4.22. The molecule has 2 aliphatic heterocycles. The first-order chi connectivity index (χ1) is 8.75. The zero-order valence-electron chi connectivity index (χ0n) is 11.4. The predicted molar refractivity (Wildman–Crippen MR) is 70.2 cm³/mol. The van der Waals surface area contributed by atoms with Crippen LogP contribution in [0.1, 0.15) is 37.3 Å². The Labute approximate surface area is 109 Å². The fraction of sp³-hybridized carbons (Fsp3) is 0.846. The number of aromatic nitrogens is 3. The summed E-state index contributed by atoms with van der Waals surface area (Å²) >= 11 is 0. The summed E-state index contributed by atoms with van der Waals surface area (Å²) < 4.78 is 2.07. The van der Waals surface area contributed by atoms with Gasteiger partial charge in [-0.25, -0.2) is 0 Å². The van der Waals surface area contributed by atoms with E-state index in [0.717, 1.165) is 24.2 Å². The minimum atomic E-state index is 0.641. The van der Waals surface area contributed by atoms with Crippen molar-refractivity contribution in [1.29, 1.82) is 0 Å². The number of fused-ring (bicyclic) bond motifs is 1. The standard InChI is InChI=1S/C13H23N5/c1-10-15-16-13(17(10)2)9-14-11-6-8-18-7-4-3-5-12(11)18/h11-12,14H,3-9H2,1-2H3. The molecule has 2 unspecified atom stereocenters. The summed E-state index contributed by atoms with van der Waals surface area (Å²) in [6.07, 6.45) is 5.41. The van der Waals surface area contributed by atoms with E-state index < -0.39 is 0 Å². The van der Waals surface area contributed by atoms with Crippen LogP contribution in [0.3, 0.4) is 0 Å². The Morgan fingerprint density at radius 3 is 2.89 bits per heavy atom. The van der Waals surface area contributed by atoms with Crippen LogP contribution in [0.15, 0.2) is 0 Å². The first-order valence-electron chi connectivity index (χ1n) is 7.08. The van der Waals surface area contributed by atoms with E-state index in [1.807, 2.05) is 14.0 Å². The van der Waals surface area contributed by atoms with E-state index in [0.29, 0.717) is 6.04 Å². The lowest BCUT2D eigenvalue weighted by atomic mass is 9.99. The quantitative estimate of drug-likeness (QED) is 0.862. The summed E-state index contributed by atoms with van der Waals surface area (Å²) in [4.78, 5) is 2.66. The Bertz CT molecular complexity index is 414. The molecule has 5 heteroatoms. The molecule has 0 aliphatic carbocycles. The zero-order chi connectivity index (χ0) is 12.5. The molecule has 3 rings (SSSR count). The third-order valence-electron chi connectivity index (χ3n) is 4.56. The summed E-state index contributed by atoms with van der Waals surface area (Å²) in [6, 6.07) is 1.40. The zero-order valence-corrected chi connectivity index (χ0v) is 11.4. The lowest BCUT2D eigenvalue weighted by Gasteiger charge is -2.32. The van der Waals surface area contributed by atoms with E-state index in [2.05, 4.69) is 25.0 Å². The van der Waals surface area contributed by atoms with Gasteiger partial charge < -0.3 is 9.88 Å². The molecule has 0 saturated carbocycles. The Hall–Kier alpha value is -0.940. The number of aryl methyl sites for hydroxylation is 1. The summed E-state index contributed by atoms with van der Waals surface area (Å²) in [6.45, 7) is 5.40. The first-order valence-corrected chi connectivity index (χ1v) is 7.08. The van der Waals surface area contributed by atoms with Crippen LogP contribution in [0.4, 0.5) is 0 Å². The Balaban J connectivity index is 1.59. The van der Waals surface area contributed by atoms with Gasteiger partial charge in [0.15, 0.2) is 0 Å². The molecule has 2 atom stereocenters. The van der Waals surface area contributed by atoms with Gasteiger partial charge in [-0.3, -0.25) is 4.90 Å². The van der Waals surface area contributed by atoms with Gasteiger partial charge in [-0.2, -0.15) is 0 Å². The molecule has 100 valence electrons. The first kappa shape index (κ1) is 12.1. The fourth-order valence-electron chi connectivity index (χ4n) is 3.31. The van der Waals surface area contributed by atoms with Crippen molar-refractivity contribution < 1.29 is 0 Å². The molecule has 1 aromatic heterocycles. The van der Waals surface area contributed by atoms with Gasteiger partial charge >= 0.3 is 0 Å². The van der Waals surface area contributed by atoms with Crippen molar-refractivity contribution >= 4 is 0 Å². The van der Waals surface area contributed by atoms with Crippen molar-refractivity contribution in [3.8, 4) is 0 Å². The van der Waals surface area contributed by atoms with E-state index in [1.54, 1.807) is 0 Å². The molecule has 1 aromatic rings. The highest BCUT2D eigenvalue weighted by Crippen LogP contribution is 2.27. The third kappa shape index (κ3) is 2.17. The SMILES string of the molecule is Cc1nnc(CNC2CCN3CCCCC23)n1C. The second-order valence-corrected chi connectivity index (χ2v) is 5.60. The van der Waals surface area contributed by atoms with Gasteiger partial charge in [-0.05, 0) is 32.7 Å². The molecule has 2 aliphatic rings. The lowest BCUT2D eigenvalue weighted by molar-refractivity contribution is 0.180.